The van der Waals surface area contributed by atoms with Crippen LogP contribution in [0.1, 0.15) is 24.3 Å². The predicted octanol–water partition coefficient (Wildman–Crippen LogP) is 4.46. The molecule has 1 heterocycles. The Bertz CT molecular complexity index is 460. The van der Waals surface area contributed by atoms with Crippen molar-refractivity contribution in [3.8, 4) is 17.0 Å². The lowest BCUT2D eigenvalue weighted by atomic mass is 10.1. The summed E-state index contributed by atoms with van der Waals surface area (Å²) in [6.45, 7) is 8.21. The first kappa shape index (κ1) is 13.7. The number of ether oxygens (including phenoxy) is 1. The summed E-state index contributed by atoms with van der Waals surface area (Å²) in [5.74, 6) is 0.878. The molecule has 0 N–H and O–H groups in total. The number of hydrogen-bond donors (Lipinski definition) is 0. The number of methoxy groups -OCH3 is 1. The molecule has 0 aliphatic carbocycles. The number of aromatic nitrogens is 1. The van der Waals surface area contributed by atoms with Gasteiger partial charge in [-0.15, -0.1) is 0 Å². The van der Waals surface area contributed by atoms with Gasteiger partial charge in [0.05, 0.1) is 12.8 Å². The van der Waals surface area contributed by atoms with Crippen molar-refractivity contribution in [2.75, 3.05) is 7.11 Å². The van der Waals surface area contributed by atoms with Crippen LogP contribution in [-0.4, -0.2) is 11.5 Å². The summed E-state index contributed by atoms with van der Waals surface area (Å²) in [5, 5.41) is 0. The van der Waals surface area contributed by atoms with Gasteiger partial charge in [-0.1, -0.05) is 13.8 Å². The van der Waals surface area contributed by atoms with Crippen molar-refractivity contribution < 1.29 is 4.74 Å². The molecule has 2 nitrogen and oxygen atoms in total. The standard InChI is InChI=1S/C12H13NOS.C2H6/c1-8-9(2)15-13-12(8)10-4-6-11(14-3)7-5-10;1-2/h4-7H,1-3H3;1-2H3. The highest BCUT2D eigenvalue weighted by molar-refractivity contribution is 7.06. The molecule has 2 aromatic rings. The van der Waals surface area contributed by atoms with Gasteiger partial charge in [-0.25, -0.2) is 0 Å². The van der Waals surface area contributed by atoms with Crippen LogP contribution in [0.25, 0.3) is 11.3 Å². The maximum absolute atomic E-state index is 5.12. The lowest BCUT2D eigenvalue weighted by Gasteiger charge is -2.01. The second-order valence-corrected chi connectivity index (χ2v) is 4.42. The van der Waals surface area contributed by atoms with Gasteiger partial charge in [0.2, 0.25) is 0 Å². The third-order valence-corrected chi connectivity index (χ3v) is 3.37. The summed E-state index contributed by atoms with van der Waals surface area (Å²) in [4.78, 5) is 1.28. The van der Waals surface area contributed by atoms with Crippen LogP contribution in [0.3, 0.4) is 0 Å². The average molecular weight is 249 g/mol. The molecule has 0 unspecified atom stereocenters. The van der Waals surface area contributed by atoms with E-state index >= 15 is 0 Å². The molecule has 0 radical (unpaired) electrons. The highest BCUT2D eigenvalue weighted by atomic mass is 32.1. The lowest BCUT2D eigenvalue weighted by molar-refractivity contribution is 0.415. The highest BCUT2D eigenvalue weighted by Gasteiger charge is 2.07. The second-order valence-electron chi connectivity index (χ2n) is 3.44. The minimum atomic E-state index is 0.878. The van der Waals surface area contributed by atoms with Crippen LogP contribution in [-0.2, 0) is 0 Å². The van der Waals surface area contributed by atoms with Crippen LogP contribution < -0.4 is 4.74 Å². The fourth-order valence-corrected chi connectivity index (χ4v) is 2.14. The maximum atomic E-state index is 5.12. The van der Waals surface area contributed by atoms with Crippen LogP contribution in [0.15, 0.2) is 24.3 Å². The van der Waals surface area contributed by atoms with Gasteiger partial charge in [-0.05, 0) is 55.2 Å². The monoisotopic (exact) mass is 249 g/mol. The van der Waals surface area contributed by atoms with Crippen LogP contribution >= 0.6 is 11.5 Å². The molecule has 0 aliphatic rings. The van der Waals surface area contributed by atoms with Gasteiger partial charge in [0.15, 0.2) is 0 Å². The van der Waals surface area contributed by atoms with Gasteiger partial charge in [0, 0.05) is 10.4 Å². The summed E-state index contributed by atoms with van der Waals surface area (Å²) in [7, 11) is 1.67. The van der Waals surface area contributed by atoms with Gasteiger partial charge in [-0.2, -0.15) is 4.37 Å². The van der Waals surface area contributed by atoms with Crippen LogP contribution in [0.2, 0.25) is 0 Å². The van der Waals surface area contributed by atoms with E-state index in [-0.39, 0.29) is 0 Å². The molecule has 17 heavy (non-hydrogen) atoms. The third-order valence-electron chi connectivity index (χ3n) is 2.52. The summed E-state index contributed by atoms with van der Waals surface area (Å²) in [6.07, 6.45) is 0. The normalized spacial score (nSPS) is 9.47. The fourth-order valence-electron chi connectivity index (χ4n) is 1.44. The summed E-state index contributed by atoms with van der Waals surface area (Å²) >= 11 is 1.55. The number of rotatable bonds is 2. The van der Waals surface area contributed by atoms with Crippen LogP contribution in [0, 0.1) is 13.8 Å². The van der Waals surface area contributed by atoms with E-state index in [1.807, 2.05) is 38.1 Å². The minimum Gasteiger partial charge on any atom is -0.497 e. The molecule has 2 rings (SSSR count). The van der Waals surface area contributed by atoms with E-state index in [1.165, 1.54) is 10.4 Å². The molecule has 0 amide bonds. The van der Waals surface area contributed by atoms with Crippen molar-refractivity contribution >= 4 is 11.5 Å². The van der Waals surface area contributed by atoms with E-state index in [0.29, 0.717) is 0 Å². The van der Waals surface area contributed by atoms with Gasteiger partial charge < -0.3 is 4.74 Å². The molecular weight excluding hydrogens is 230 g/mol. The Morgan fingerprint density at radius 3 is 2.06 bits per heavy atom. The zero-order chi connectivity index (χ0) is 12.8. The van der Waals surface area contributed by atoms with Crippen LogP contribution in [0.5, 0.6) is 5.75 Å². The van der Waals surface area contributed by atoms with E-state index in [2.05, 4.69) is 18.2 Å². The topological polar surface area (TPSA) is 22.1 Å². The van der Waals surface area contributed by atoms with E-state index < -0.39 is 0 Å². The largest absolute Gasteiger partial charge is 0.497 e. The Morgan fingerprint density at radius 2 is 1.65 bits per heavy atom. The molecule has 0 aliphatic heterocycles. The first-order valence-electron chi connectivity index (χ1n) is 5.79. The molecule has 0 atom stereocenters. The first-order valence-corrected chi connectivity index (χ1v) is 6.57. The SMILES string of the molecule is CC.COc1ccc(-c2nsc(C)c2C)cc1. The van der Waals surface area contributed by atoms with E-state index in [0.717, 1.165) is 17.0 Å². The smallest absolute Gasteiger partial charge is 0.118 e. The minimum absolute atomic E-state index is 0.878. The molecule has 0 fully saturated rings. The molecule has 0 bridgehead atoms. The highest BCUT2D eigenvalue weighted by Crippen LogP contribution is 2.28. The van der Waals surface area contributed by atoms with Crippen LogP contribution in [0.4, 0.5) is 0 Å². The molecule has 92 valence electrons. The molecule has 1 aromatic carbocycles. The molecular formula is C14H19NOS. The fraction of sp³-hybridized carbons (Fsp3) is 0.357. The van der Waals surface area contributed by atoms with Crippen molar-refractivity contribution in [2.24, 2.45) is 0 Å². The molecule has 3 heteroatoms. The Labute approximate surface area is 107 Å². The number of nitrogens with zero attached hydrogens (tertiary/aromatic N) is 1. The number of aryl methyl sites for hydroxylation is 1. The zero-order valence-corrected chi connectivity index (χ0v) is 11.9. The van der Waals surface area contributed by atoms with Gasteiger partial charge in [0.25, 0.3) is 0 Å². The average Bonchev–Trinajstić information content (AvgIpc) is 2.73. The Balaban J connectivity index is 0.000000686. The Hall–Kier alpha value is -1.35. The van der Waals surface area contributed by atoms with Crippen molar-refractivity contribution in [1.82, 2.24) is 4.37 Å². The maximum Gasteiger partial charge on any atom is 0.118 e. The van der Waals surface area contributed by atoms with E-state index in [9.17, 15) is 0 Å². The predicted molar refractivity (Wildman–Crippen MR) is 74.9 cm³/mol. The van der Waals surface area contributed by atoms with E-state index in [4.69, 9.17) is 4.74 Å². The number of benzene rings is 1. The summed E-state index contributed by atoms with van der Waals surface area (Å²) < 4.78 is 9.56. The van der Waals surface area contributed by atoms with Gasteiger partial charge in [-0.3, -0.25) is 0 Å². The van der Waals surface area contributed by atoms with E-state index in [1.54, 1.807) is 18.6 Å². The van der Waals surface area contributed by atoms with Crippen molar-refractivity contribution in [3.63, 3.8) is 0 Å². The lowest BCUT2D eigenvalue weighted by Crippen LogP contribution is -1.84. The number of hydrogen-bond acceptors (Lipinski definition) is 3. The zero-order valence-electron chi connectivity index (χ0n) is 11.1. The molecule has 0 spiro atoms. The molecule has 0 saturated carbocycles. The summed E-state index contributed by atoms with van der Waals surface area (Å²) in [6, 6.07) is 8.01. The Morgan fingerprint density at radius 1 is 1.06 bits per heavy atom. The van der Waals surface area contributed by atoms with Gasteiger partial charge >= 0.3 is 0 Å². The van der Waals surface area contributed by atoms with Crippen molar-refractivity contribution in [3.05, 3.63) is 34.7 Å². The Kier molecular flexibility index (Phi) is 5.16. The quantitative estimate of drug-likeness (QED) is 0.784. The third kappa shape index (κ3) is 3.07. The van der Waals surface area contributed by atoms with Gasteiger partial charge in [0.1, 0.15) is 5.75 Å². The first-order chi connectivity index (χ1) is 8.22. The second kappa shape index (κ2) is 6.40. The summed E-state index contributed by atoms with van der Waals surface area (Å²) in [5.41, 5.74) is 3.50. The van der Waals surface area contributed by atoms with Crippen molar-refractivity contribution in [2.45, 2.75) is 27.7 Å². The van der Waals surface area contributed by atoms with Crippen molar-refractivity contribution in [1.29, 1.82) is 0 Å². The molecule has 1 aromatic heterocycles. The molecule has 0 saturated heterocycles.